The fourth-order valence-electron chi connectivity index (χ4n) is 2.25. The summed E-state index contributed by atoms with van der Waals surface area (Å²) in [5.41, 5.74) is 1.23. The van der Waals surface area contributed by atoms with Gasteiger partial charge < -0.3 is 10.2 Å². The lowest BCUT2D eigenvalue weighted by Crippen LogP contribution is -2.33. The lowest BCUT2D eigenvalue weighted by atomic mass is 10.1. The minimum absolute atomic E-state index is 0.107. The molecule has 5 nitrogen and oxygen atoms in total. The Labute approximate surface area is 125 Å². The van der Waals surface area contributed by atoms with Crippen LogP contribution >= 0.6 is 0 Å². The summed E-state index contributed by atoms with van der Waals surface area (Å²) in [6.45, 7) is 3.05. The van der Waals surface area contributed by atoms with Gasteiger partial charge in [-0.15, -0.1) is 0 Å². The van der Waals surface area contributed by atoms with Crippen molar-refractivity contribution in [3.05, 3.63) is 36.3 Å². The Morgan fingerprint density at radius 1 is 1.38 bits per heavy atom. The highest BCUT2D eigenvalue weighted by Crippen LogP contribution is 2.14. The van der Waals surface area contributed by atoms with Gasteiger partial charge in [-0.1, -0.05) is 0 Å². The van der Waals surface area contributed by atoms with Crippen LogP contribution in [-0.4, -0.2) is 47.5 Å². The molecule has 0 aliphatic heterocycles. The Kier molecular flexibility index (Phi) is 5.22. The number of amides is 1. The van der Waals surface area contributed by atoms with Crippen LogP contribution in [0.3, 0.4) is 0 Å². The molecule has 0 saturated carbocycles. The van der Waals surface area contributed by atoms with E-state index in [2.05, 4.69) is 34.3 Å². The molecule has 2 rings (SSSR count). The molecule has 1 N–H and O–H groups in total. The summed E-state index contributed by atoms with van der Waals surface area (Å²) in [6.07, 6.45) is 7.01. The van der Waals surface area contributed by atoms with Gasteiger partial charge in [0.2, 0.25) is 0 Å². The van der Waals surface area contributed by atoms with Crippen LogP contribution in [-0.2, 0) is 0 Å². The summed E-state index contributed by atoms with van der Waals surface area (Å²) in [4.78, 5) is 22.9. The average Bonchev–Trinajstić information content (AvgIpc) is 2.46. The third kappa shape index (κ3) is 4.23. The molecule has 0 aromatic carbocycles. The van der Waals surface area contributed by atoms with Crippen molar-refractivity contribution in [2.24, 2.45) is 0 Å². The molecule has 0 aliphatic rings. The van der Waals surface area contributed by atoms with E-state index in [9.17, 15) is 4.79 Å². The molecule has 112 valence electrons. The van der Waals surface area contributed by atoms with Crippen LogP contribution in [0.4, 0.5) is 0 Å². The van der Waals surface area contributed by atoms with Gasteiger partial charge >= 0.3 is 0 Å². The summed E-state index contributed by atoms with van der Waals surface area (Å²) in [6, 6.07) is 3.89. The predicted molar refractivity (Wildman–Crippen MR) is 84.3 cm³/mol. The minimum atomic E-state index is -0.107. The van der Waals surface area contributed by atoms with Crippen LogP contribution in [0.5, 0.6) is 0 Å². The molecule has 2 aromatic rings. The molecule has 2 aromatic heterocycles. The smallest absolute Gasteiger partial charge is 0.255 e. The van der Waals surface area contributed by atoms with Crippen molar-refractivity contribution in [3.8, 4) is 0 Å². The Hall–Kier alpha value is -2.01. The van der Waals surface area contributed by atoms with E-state index in [1.54, 1.807) is 18.6 Å². The van der Waals surface area contributed by atoms with Gasteiger partial charge in [0.25, 0.3) is 5.91 Å². The van der Waals surface area contributed by atoms with E-state index >= 15 is 0 Å². The molecule has 5 heteroatoms. The van der Waals surface area contributed by atoms with E-state index in [0.717, 1.165) is 24.8 Å². The van der Waals surface area contributed by atoms with Crippen molar-refractivity contribution in [1.82, 2.24) is 20.2 Å². The zero-order valence-corrected chi connectivity index (χ0v) is 12.8. The summed E-state index contributed by atoms with van der Waals surface area (Å²) in [5.74, 6) is -0.107. The minimum Gasteiger partial charge on any atom is -0.349 e. The summed E-state index contributed by atoms with van der Waals surface area (Å²) in [7, 11) is 4.10. The van der Waals surface area contributed by atoms with Crippen molar-refractivity contribution in [1.29, 1.82) is 0 Å². The second-order valence-corrected chi connectivity index (χ2v) is 5.58. The maximum Gasteiger partial charge on any atom is 0.255 e. The molecule has 1 amide bonds. The molecule has 1 atom stereocenters. The molecule has 0 aliphatic carbocycles. The van der Waals surface area contributed by atoms with Crippen molar-refractivity contribution in [3.63, 3.8) is 0 Å². The highest BCUT2D eigenvalue weighted by molar-refractivity contribution is 6.04. The first-order valence-electron chi connectivity index (χ1n) is 7.22. The van der Waals surface area contributed by atoms with E-state index in [1.807, 2.05) is 19.1 Å². The third-order valence-corrected chi connectivity index (χ3v) is 3.38. The third-order valence-electron chi connectivity index (χ3n) is 3.38. The van der Waals surface area contributed by atoms with Crippen LogP contribution in [0, 0.1) is 0 Å². The van der Waals surface area contributed by atoms with Crippen LogP contribution in [0.2, 0.25) is 0 Å². The molecule has 0 spiro atoms. The first-order valence-corrected chi connectivity index (χ1v) is 7.22. The summed E-state index contributed by atoms with van der Waals surface area (Å²) < 4.78 is 0. The topological polar surface area (TPSA) is 58.1 Å². The van der Waals surface area contributed by atoms with Gasteiger partial charge in [-0.25, -0.2) is 0 Å². The molecule has 0 fully saturated rings. The number of hydrogen-bond donors (Lipinski definition) is 1. The zero-order chi connectivity index (χ0) is 15.2. The van der Waals surface area contributed by atoms with Gasteiger partial charge in [-0.2, -0.15) is 0 Å². The molecule has 2 heterocycles. The molecule has 21 heavy (non-hydrogen) atoms. The lowest BCUT2D eigenvalue weighted by molar-refractivity contribution is 0.0939. The van der Waals surface area contributed by atoms with Crippen molar-refractivity contribution in [2.75, 3.05) is 20.6 Å². The first kappa shape index (κ1) is 15.4. The SMILES string of the molecule is CC(CCCN(C)C)NC(=O)c1cncc2cccnc12. The number of aromatic nitrogens is 2. The second-order valence-electron chi connectivity index (χ2n) is 5.58. The average molecular weight is 286 g/mol. The quantitative estimate of drug-likeness (QED) is 0.883. The van der Waals surface area contributed by atoms with Crippen LogP contribution in [0.15, 0.2) is 30.7 Å². The molecular weight excluding hydrogens is 264 g/mol. The number of rotatable bonds is 6. The number of pyridine rings is 2. The molecular formula is C16H22N4O. The lowest BCUT2D eigenvalue weighted by Gasteiger charge is -2.16. The van der Waals surface area contributed by atoms with Gasteiger partial charge in [0.05, 0.1) is 11.1 Å². The van der Waals surface area contributed by atoms with Gasteiger partial charge in [-0.05, 0) is 52.5 Å². The number of nitrogens with one attached hydrogen (secondary N) is 1. The van der Waals surface area contributed by atoms with Crippen LogP contribution < -0.4 is 5.32 Å². The van der Waals surface area contributed by atoms with Crippen molar-refractivity contribution < 1.29 is 4.79 Å². The number of carbonyl (C=O) groups excluding carboxylic acids is 1. The van der Waals surface area contributed by atoms with E-state index in [4.69, 9.17) is 0 Å². The summed E-state index contributed by atoms with van der Waals surface area (Å²) in [5, 5.41) is 3.90. The zero-order valence-electron chi connectivity index (χ0n) is 12.8. The van der Waals surface area contributed by atoms with Crippen LogP contribution in [0.1, 0.15) is 30.1 Å². The fourth-order valence-corrected chi connectivity index (χ4v) is 2.25. The van der Waals surface area contributed by atoms with Crippen LogP contribution in [0.25, 0.3) is 10.9 Å². The van der Waals surface area contributed by atoms with Crippen molar-refractivity contribution in [2.45, 2.75) is 25.8 Å². The molecule has 0 bridgehead atoms. The van der Waals surface area contributed by atoms with Gasteiger partial charge in [0.15, 0.2) is 0 Å². The van der Waals surface area contributed by atoms with Crippen molar-refractivity contribution >= 4 is 16.8 Å². The number of fused-ring (bicyclic) bond motifs is 1. The van der Waals surface area contributed by atoms with E-state index in [-0.39, 0.29) is 11.9 Å². The highest BCUT2D eigenvalue weighted by atomic mass is 16.1. The van der Waals surface area contributed by atoms with E-state index < -0.39 is 0 Å². The van der Waals surface area contributed by atoms with Gasteiger partial charge in [0, 0.05) is 30.0 Å². The standard InChI is InChI=1S/C16H22N4O/c1-12(6-5-9-20(2)3)19-16(21)14-11-17-10-13-7-4-8-18-15(13)14/h4,7-8,10-12H,5-6,9H2,1-3H3,(H,19,21). The summed E-state index contributed by atoms with van der Waals surface area (Å²) >= 11 is 0. The first-order chi connectivity index (χ1) is 10.1. The normalized spacial score (nSPS) is 12.6. The molecule has 0 radical (unpaired) electrons. The molecule has 1 unspecified atom stereocenters. The highest BCUT2D eigenvalue weighted by Gasteiger charge is 2.13. The maximum absolute atomic E-state index is 12.4. The largest absolute Gasteiger partial charge is 0.349 e. The number of carbonyl (C=O) groups is 1. The number of hydrogen-bond acceptors (Lipinski definition) is 4. The Morgan fingerprint density at radius 2 is 2.19 bits per heavy atom. The predicted octanol–water partition coefficient (Wildman–Crippen LogP) is 2.09. The Morgan fingerprint density at radius 3 is 2.95 bits per heavy atom. The monoisotopic (exact) mass is 286 g/mol. The van der Waals surface area contributed by atoms with E-state index in [0.29, 0.717) is 11.1 Å². The van der Waals surface area contributed by atoms with Gasteiger partial charge in [-0.3, -0.25) is 14.8 Å². The Balaban J connectivity index is 2.02. The van der Waals surface area contributed by atoms with Gasteiger partial charge in [0.1, 0.15) is 0 Å². The van der Waals surface area contributed by atoms with E-state index in [1.165, 1.54) is 0 Å². The maximum atomic E-state index is 12.4. The molecule has 0 saturated heterocycles. The fraction of sp³-hybridized carbons (Fsp3) is 0.438. The number of nitrogens with zero attached hydrogens (tertiary/aromatic N) is 3. The second kappa shape index (κ2) is 7.13. The Bertz CT molecular complexity index is 607.